The van der Waals surface area contributed by atoms with Gasteiger partial charge in [0.25, 0.3) is 0 Å². The van der Waals surface area contributed by atoms with Crippen LogP contribution in [-0.2, 0) is 6.42 Å². The van der Waals surface area contributed by atoms with Crippen molar-refractivity contribution in [2.24, 2.45) is 5.73 Å². The summed E-state index contributed by atoms with van der Waals surface area (Å²) >= 11 is 0. The number of fused-ring (bicyclic) bond motifs is 1. The molecule has 0 unspecified atom stereocenters. The Kier molecular flexibility index (Phi) is 7.40. The number of rotatable bonds is 2. The normalized spacial score (nSPS) is 9.16. The van der Waals surface area contributed by atoms with Crippen LogP contribution in [0.15, 0.2) is 24.4 Å². The number of aromatic amines is 1. The number of phenolic OH excluding ortho intramolecular Hbond substituents is 1. The van der Waals surface area contributed by atoms with Gasteiger partial charge in [0.15, 0.2) is 0 Å². The first kappa shape index (κ1) is 17.1. The first-order valence-corrected chi connectivity index (χ1v) is 5.48. The fourth-order valence-electron chi connectivity index (χ4n) is 1.53. The van der Waals surface area contributed by atoms with Crippen molar-refractivity contribution < 1.29 is 15.0 Å². The zero-order valence-electron chi connectivity index (χ0n) is 10.5. The first-order chi connectivity index (χ1) is 8.58. The van der Waals surface area contributed by atoms with Gasteiger partial charge in [-0.2, -0.15) is 0 Å². The Bertz CT molecular complexity index is 528. The van der Waals surface area contributed by atoms with Gasteiger partial charge in [0, 0.05) is 24.1 Å². The summed E-state index contributed by atoms with van der Waals surface area (Å²) in [6.07, 6.45) is 1.78. The number of carboxylic acid groups (broad SMARTS) is 1. The molecule has 0 aliphatic carbocycles. The van der Waals surface area contributed by atoms with E-state index in [9.17, 15) is 9.90 Å². The lowest BCUT2D eigenvalue weighted by atomic mass is 10.1. The molecule has 7 heteroatoms. The fourth-order valence-corrected chi connectivity index (χ4v) is 1.53. The summed E-state index contributed by atoms with van der Waals surface area (Å²) in [6.45, 7) is 0.628. The Morgan fingerprint density at radius 1 is 1.47 bits per heavy atom. The van der Waals surface area contributed by atoms with E-state index < -0.39 is 6.09 Å². The predicted octanol–water partition coefficient (Wildman–Crippen LogP) is 1.68. The number of H-pyrrole nitrogens is 1. The number of aromatic hydroxyl groups is 1. The minimum atomic E-state index is -0.995. The number of amides is 1. The van der Waals surface area contributed by atoms with Gasteiger partial charge in [-0.05, 0) is 36.7 Å². The molecule has 1 aromatic heterocycles. The Morgan fingerprint density at radius 2 is 2.11 bits per heavy atom. The van der Waals surface area contributed by atoms with Crippen molar-refractivity contribution in [3.63, 3.8) is 0 Å². The molecule has 0 radical (unpaired) electrons. The van der Waals surface area contributed by atoms with E-state index in [0.29, 0.717) is 12.3 Å². The van der Waals surface area contributed by atoms with Crippen LogP contribution < -0.4 is 11.1 Å². The number of hydrogen-bond donors (Lipinski definition) is 5. The van der Waals surface area contributed by atoms with E-state index in [0.717, 1.165) is 22.9 Å². The van der Waals surface area contributed by atoms with E-state index in [-0.39, 0.29) is 12.4 Å². The molecule has 0 fully saturated rings. The second-order valence-electron chi connectivity index (χ2n) is 3.64. The standard InChI is InChI=1S/C10H12N2O.C2H5NO2.ClH/c11-4-3-7-6-12-10-2-1-8(13)5-9(7)10;1-3-2(4)5;/h1-2,5-6,12-13H,3-4,11H2;3H,1H3,(H,4,5);1H. The SMILES string of the molecule is CNC(=O)O.Cl.NCCc1c[nH]c2ccc(O)cc12. The minimum Gasteiger partial charge on any atom is -0.508 e. The van der Waals surface area contributed by atoms with Crippen LogP contribution in [-0.4, -0.2) is 34.9 Å². The molecule has 0 saturated carbocycles. The number of benzene rings is 1. The largest absolute Gasteiger partial charge is 0.508 e. The van der Waals surface area contributed by atoms with Crippen molar-refractivity contribution in [3.05, 3.63) is 30.0 Å². The third kappa shape index (κ3) is 5.07. The third-order valence-corrected chi connectivity index (χ3v) is 2.38. The molecule has 0 saturated heterocycles. The maximum atomic E-state index is 9.30. The van der Waals surface area contributed by atoms with Crippen molar-refractivity contribution in [2.75, 3.05) is 13.6 Å². The van der Waals surface area contributed by atoms with Crippen molar-refractivity contribution in [1.82, 2.24) is 10.3 Å². The van der Waals surface area contributed by atoms with Gasteiger partial charge >= 0.3 is 6.09 Å². The number of nitrogens with two attached hydrogens (primary N) is 1. The van der Waals surface area contributed by atoms with Crippen LogP contribution in [0.2, 0.25) is 0 Å². The van der Waals surface area contributed by atoms with E-state index in [1.54, 1.807) is 12.1 Å². The average molecular weight is 288 g/mol. The minimum absolute atomic E-state index is 0. The summed E-state index contributed by atoms with van der Waals surface area (Å²) in [5.74, 6) is 0.297. The van der Waals surface area contributed by atoms with E-state index in [4.69, 9.17) is 10.8 Å². The number of phenols is 1. The molecule has 2 rings (SSSR count). The van der Waals surface area contributed by atoms with E-state index in [2.05, 4.69) is 4.98 Å². The molecule has 19 heavy (non-hydrogen) atoms. The van der Waals surface area contributed by atoms with Gasteiger partial charge in [-0.15, -0.1) is 12.4 Å². The van der Waals surface area contributed by atoms with Crippen LogP contribution in [0.1, 0.15) is 5.56 Å². The molecule has 106 valence electrons. The van der Waals surface area contributed by atoms with Gasteiger partial charge in [0.05, 0.1) is 0 Å². The molecule has 1 heterocycles. The summed E-state index contributed by atoms with van der Waals surface area (Å²) in [7, 11) is 1.35. The van der Waals surface area contributed by atoms with Crippen LogP contribution in [0, 0.1) is 0 Å². The van der Waals surface area contributed by atoms with Crippen molar-refractivity contribution >= 4 is 29.4 Å². The highest BCUT2D eigenvalue weighted by Gasteiger charge is 2.02. The van der Waals surface area contributed by atoms with Crippen molar-refractivity contribution in [1.29, 1.82) is 0 Å². The lowest BCUT2D eigenvalue weighted by Crippen LogP contribution is -2.13. The van der Waals surface area contributed by atoms with Crippen molar-refractivity contribution in [2.45, 2.75) is 6.42 Å². The van der Waals surface area contributed by atoms with Crippen LogP contribution in [0.5, 0.6) is 5.75 Å². The van der Waals surface area contributed by atoms with E-state index >= 15 is 0 Å². The quantitative estimate of drug-likeness (QED) is 0.578. The molecule has 1 amide bonds. The molecule has 0 aliphatic rings. The highest BCUT2D eigenvalue weighted by atomic mass is 35.5. The number of hydrogen-bond acceptors (Lipinski definition) is 3. The lowest BCUT2D eigenvalue weighted by Gasteiger charge is -1.96. The van der Waals surface area contributed by atoms with Gasteiger partial charge in [-0.1, -0.05) is 0 Å². The monoisotopic (exact) mass is 287 g/mol. The first-order valence-electron chi connectivity index (χ1n) is 5.48. The molecular weight excluding hydrogens is 270 g/mol. The summed E-state index contributed by atoms with van der Waals surface area (Å²) in [6, 6.07) is 5.30. The van der Waals surface area contributed by atoms with Crippen LogP contribution in [0.3, 0.4) is 0 Å². The highest BCUT2D eigenvalue weighted by molar-refractivity contribution is 5.85. The molecule has 1 aromatic carbocycles. The number of halogens is 1. The maximum Gasteiger partial charge on any atom is 0.404 e. The third-order valence-electron chi connectivity index (χ3n) is 2.38. The molecule has 2 aromatic rings. The van der Waals surface area contributed by atoms with E-state index in [1.165, 1.54) is 7.05 Å². The summed E-state index contributed by atoms with van der Waals surface area (Å²) < 4.78 is 0. The van der Waals surface area contributed by atoms with Gasteiger partial charge < -0.3 is 26.2 Å². The topological polar surface area (TPSA) is 111 Å². The van der Waals surface area contributed by atoms with E-state index in [1.807, 2.05) is 17.6 Å². The smallest absolute Gasteiger partial charge is 0.404 e. The Labute approximate surface area is 117 Å². The van der Waals surface area contributed by atoms with Gasteiger partial charge in [0.2, 0.25) is 0 Å². The summed E-state index contributed by atoms with van der Waals surface area (Å²) in [5.41, 5.74) is 7.68. The number of nitrogens with one attached hydrogen (secondary N) is 2. The Balaban J connectivity index is 0.000000471. The van der Waals surface area contributed by atoms with Crippen LogP contribution in [0.25, 0.3) is 10.9 Å². The van der Waals surface area contributed by atoms with Gasteiger partial charge in [-0.25, -0.2) is 4.79 Å². The van der Waals surface area contributed by atoms with Gasteiger partial charge in [0.1, 0.15) is 5.75 Å². The molecule has 0 bridgehead atoms. The highest BCUT2D eigenvalue weighted by Crippen LogP contribution is 2.22. The number of aromatic nitrogens is 1. The predicted molar refractivity (Wildman–Crippen MR) is 77.1 cm³/mol. The Hall–Kier alpha value is -1.92. The summed E-state index contributed by atoms with van der Waals surface area (Å²) in [5, 5.41) is 19.9. The lowest BCUT2D eigenvalue weighted by molar-refractivity contribution is 0.197. The van der Waals surface area contributed by atoms with Crippen molar-refractivity contribution in [3.8, 4) is 5.75 Å². The average Bonchev–Trinajstić information content (AvgIpc) is 2.73. The maximum absolute atomic E-state index is 9.30. The molecule has 0 atom stereocenters. The molecular formula is C12H18ClN3O3. The molecule has 0 spiro atoms. The molecule has 6 N–H and O–H groups in total. The zero-order valence-corrected chi connectivity index (χ0v) is 11.3. The van der Waals surface area contributed by atoms with Gasteiger partial charge in [-0.3, -0.25) is 0 Å². The van der Waals surface area contributed by atoms with Crippen LogP contribution in [0.4, 0.5) is 4.79 Å². The second kappa shape index (κ2) is 8.23. The molecule has 0 aliphatic heterocycles. The second-order valence-corrected chi connectivity index (χ2v) is 3.64. The zero-order chi connectivity index (χ0) is 13.5. The van der Waals surface area contributed by atoms with Crippen LogP contribution >= 0.6 is 12.4 Å². The fraction of sp³-hybridized carbons (Fsp3) is 0.250. The Morgan fingerprint density at radius 3 is 2.63 bits per heavy atom. The molecule has 6 nitrogen and oxygen atoms in total. The summed E-state index contributed by atoms with van der Waals surface area (Å²) in [4.78, 5) is 12.4. The number of carbonyl (C=O) groups is 1.